The third-order valence-corrected chi connectivity index (χ3v) is 3.69. The molecule has 0 saturated carbocycles. The second kappa shape index (κ2) is 5.67. The van der Waals surface area contributed by atoms with Crippen LogP contribution in [0.5, 0.6) is 0 Å². The van der Waals surface area contributed by atoms with E-state index in [1.54, 1.807) is 11.9 Å². The summed E-state index contributed by atoms with van der Waals surface area (Å²) in [5.74, 6) is 0.724. The lowest BCUT2D eigenvalue weighted by Crippen LogP contribution is -2.27. The van der Waals surface area contributed by atoms with Crippen molar-refractivity contribution >= 4 is 15.7 Å². The van der Waals surface area contributed by atoms with Crippen LogP contribution in [0, 0.1) is 13.8 Å². The van der Waals surface area contributed by atoms with Crippen LogP contribution in [0.1, 0.15) is 16.8 Å². The Balaban J connectivity index is 3.01. The normalized spacial score (nSPS) is 11.6. The third kappa shape index (κ3) is 3.96. The molecule has 1 aromatic heterocycles. The maximum absolute atomic E-state index is 11.2. The van der Waals surface area contributed by atoms with Gasteiger partial charge in [-0.25, -0.2) is 13.4 Å². The molecular weight excluding hydrogens is 252 g/mol. The first-order valence-electron chi connectivity index (χ1n) is 5.71. The van der Waals surface area contributed by atoms with Gasteiger partial charge in [0.2, 0.25) is 0 Å². The van der Waals surface area contributed by atoms with Gasteiger partial charge in [-0.2, -0.15) is 0 Å². The predicted octanol–water partition coefficient (Wildman–Crippen LogP) is 0.672. The Hall–Kier alpha value is -1.14. The third-order valence-electron chi connectivity index (χ3n) is 2.77. The van der Waals surface area contributed by atoms with Crippen LogP contribution < -0.4 is 4.90 Å². The zero-order chi connectivity index (χ0) is 13.9. The van der Waals surface area contributed by atoms with Crippen molar-refractivity contribution in [2.75, 3.05) is 30.5 Å². The first kappa shape index (κ1) is 14.9. The number of nitrogens with zero attached hydrogens (tertiary/aromatic N) is 2. The highest BCUT2D eigenvalue weighted by atomic mass is 32.2. The number of aryl methyl sites for hydroxylation is 2. The van der Waals surface area contributed by atoms with E-state index in [9.17, 15) is 13.5 Å². The summed E-state index contributed by atoms with van der Waals surface area (Å²) in [6.07, 6.45) is 1.21. The van der Waals surface area contributed by atoms with E-state index in [2.05, 4.69) is 4.98 Å². The second-order valence-corrected chi connectivity index (χ2v) is 6.85. The molecule has 0 aromatic carbocycles. The van der Waals surface area contributed by atoms with E-state index < -0.39 is 9.84 Å². The van der Waals surface area contributed by atoms with Crippen molar-refractivity contribution in [3.8, 4) is 0 Å². The number of anilines is 1. The molecule has 0 radical (unpaired) electrons. The van der Waals surface area contributed by atoms with E-state index in [-0.39, 0.29) is 12.4 Å². The van der Waals surface area contributed by atoms with Gasteiger partial charge in [0.25, 0.3) is 0 Å². The number of pyridine rings is 1. The largest absolute Gasteiger partial charge is 0.392 e. The standard InChI is InChI=1S/C12H20N2O3S/c1-9-7-10(2)13-12(11(9)8-15)14(3)5-6-18(4,16)17/h7,15H,5-6,8H2,1-4H3. The van der Waals surface area contributed by atoms with E-state index >= 15 is 0 Å². The van der Waals surface area contributed by atoms with Gasteiger partial charge in [0.15, 0.2) is 0 Å². The van der Waals surface area contributed by atoms with Gasteiger partial charge in [0.05, 0.1) is 12.4 Å². The highest BCUT2D eigenvalue weighted by Gasteiger charge is 2.13. The zero-order valence-electron chi connectivity index (χ0n) is 11.3. The van der Waals surface area contributed by atoms with Gasteiger partial charge in [-0.05, 0) is 25.5 Å². The van der Waals surface area contributed by atoms with Crippen molar-refractivity contribution < 1.29 is 13.5 Å². The molecule has 1 N–H and O–H groups in total. The number of rotatable bonds is 5. The monoisotopic (exact) mass is 272 g/mol. The number of hydrogen-bond donors (Lipinski definition) is 1. The number of hydrogen-bond acceptors (Lipinski definition) is 5. The Bertz CT molecular complexity index is 526. The van der Waals surface area contributed by atoms with E-state index in [0.717, 1.165) is 16.8 Å². The summed E-state index contributed by atoms with van der Waals surface area (Å²) in [5.41, 5.74) is 2.56. The van der Waals surface area contributed by atoms with Crippen LogP contribution in [-0.2, 0) is 16.4 Å². The number of aromatic nitrogens is 1. The first-order valence-corrected chi connectivity index (χ1v) is 7.77. The lowest BCUT2D eigenvalue weighted by molar-refractivity contribution is 0.281. The van der Waals surface area contributed by atoms with Crippen LogP contribution >= 0.6 is 0 Å². The highest BCUT2D eigenvalue weighted by Crippen LogP contribution is 2.21. The Kier molecular flexibility index (Phi) is 4.70. The average molecular weight is 272 g/mol. The van der Waals surface area contributed by atoms with Gasteiger partial charge in [-0.3, -0.25) is 0 Å². The molecule has 0 unspecified atom stereocenters. The minimum atomic E-state index is -3.00. The maximum Gasteiger partial charge on any atom is 0.149 e. The molecule has 1 aromatic rings. The van der Waals surface area contributed by atoms with E-state index in [1.165, 1.54) is 6.26 Å². The Morgan fingerprint density at radius 1 is 1.39 bits per heavy atom. The summed E-state index contributed by atoms with van der Waals surface area (Å²) < 4.78 is 22.3. The van der Waals surface area contributed by atoms with E-state index in [0.29, 0.717) is 12.4 Å². The topological polar surface area (TPSA) is 70.5 Å². The summed E-state index contributed by atoms with van der Waals surface area (Å²) in [5, 5.41) is 9.38. The molecule has 0 aliphatic carbocycles. The van der Waals surface area contributed by atoms with Crippen molar-refractivity contribution in [2.45, 2.75) is 20.5 Å². The summed E-state index contributed by atoms with van der Waals surface area (Å²) in [4.78, 5) is 6.15. The van der Waals surface area contributed by atoms with Crippen LogP contribution in [0.4, 0.5) is 5.82 Å². The number of aliphatic hydroxyl groups is 1. The lowest BCUT2D eigenvalue weighted by Gasteiger charge is -2.22. The van der Waals surface area contributed by atoms with Crippen molar-refractivity contribution in [1.82, 2.24) is 4.98 Å². The van der Waals surface area contributed by atoms with Gasteiger partial charge < -0.3 is 10.0 Å². The zero-order valence-corrected chi connectivity index (χ0v) is 12.1. The molecule has 18 heavy (non-hydrogen) atoms. The molecule has 0 atom stereocenters. The fraction of sp³-hybridized carbons (Fsp3) is 0.583. The van der Waals surface area contributed by atoms with Gasteiger partial charge in [-0.15, -0.1) is 0 Å². The first-order chi connectivity index (χ1) is 8.24. The van der Waals surface area contributed by atoms with Crippen LogP contribution in [0.15, 0.2) is 6.07 Å². The van der Waals surface area contributed by atoms with E-state index in [1.807, 2.05) is 19.9 Å². The summed E-state index contributed by atoms with van der Waals surface area (Å²) >= 11 is 0. The van der Waals surface area contributed by atoms with Crippen molar-refractivity contribution in [3.05, 3.63) is 22.9 Å². The average Bonchev–Trinajstić information content (AvgIpc) is 2.24. The smallest absolute Gasteiger partial charge is 0.149 e. The number of aliphatic hydroxyl groups excluding tert-OH is 1. The van der Waals surface area contributed by atoms with Crippen LogP contribution in [-0.4, -0.2) is 44.1 Å². The molecule has 0 aliphatic heterocycles. The SMILES string of the molecule is Cc1cc(C)c(CO)c(N(C)CCS(C)(=O)=O)n1. The summed E-state index contributed by atoms with van der Waals surface area (Å²) in [6, 6.07) is 1.90. The molecule has 0 spiro atoms. The summed E-state index contributed by atoms with van der Waals surface area (Å²) in [7, 11) is -1.22. The lowest BCUT2D eigenvalue weighted by atomic mass is 10.1. The molecule has 5 nitrogen and oxygen atoms in total. The van der Waals surface area contributed by atoms with Gasteiger partial charge >= 0.3 is 0 Å². The minimum absolute atomic E-state index is 0.0725. The Morgan fingerprint density at radius 2 is 2.00 bits per heavy atom. The van der Waals surface area contributed by atoms with Crippen LogP contribution in [0.3, 0.4) is 0 Å². The molecule has 0 bridgehead atoms. The van der Waals surface area contributed by atoms with Crippen molar-refractivity contribution in [1.29, 1.82) is 0 Å². The fourth-order valence-electron chi connectivity index (χ4n) is 1.76. The molecule has 0 saturated heterocycles. The van der Waals surface area contributed by atoms with Crippen molar-refractivity contribution in [2.24, 2.45) is 0 Å². The molecule has 1 heterocycles. The summed E-state index contributed by atoms with van der Waals surface area (Å²) in [6.45, 7) is 4.05. The van der Waals surface area contributed by atoms with Gasteiger partial charge in [0.1, 0.15) is 15.7 Å². The molecular formula is C12H20N2O3S. The predicted molar refractivity (Wildman–Crippen MR) is 72.6 cm³/mol. The molecule has 6 heteroatoms. The van der Waals surface area contributed by atoms with Crippen LogP contribution in [0.2, 0.25) is 0 Å². The Labute approximate surface area is 108 Å². The Morgan fingerprint density at radius 3 is 2.50 bits per heavy atom. The molecule has 0 amide bonds. The quantitative estimate of drug-likeness (QED) is 0.853. The molecule has 1 rings (SSSR count). The molecule has 0 fully saturated rings. The highest BCUT2D eigenvalue weighted by molar-refractivity contribution is 7.90. The second-order valence-electron chi connectivity index (χ2n) is 4.59. The van der Waals surface area contributed by atoms with Crippen molar-refractivity contribution in [3.63, 3.8) is 0 Å². The van der Waals surface area contributed by atoms with E-state index in [4.69, 9.17) is 0 Å². The minimum Gasteiger partial charge on any atom is -0.392 e. The van der Waals surface area contributed by atoms with Gasteiger partial charge in [-0.1, -0.05) is 0 Å². The van der Waals surface area contributed by atoms with Crippen LogP contribution in [0.25, 0.3) is 0 Å². The number of sulfone groups is 1. The van der Waals surface area contributed by atoms with Gasteiger partial charge in [0, 0.05) is 31.1 Å². The maximum atomic E-state index is 11.2. The molecule has 0 aliphatic rings. The fourth-order valence-corrected chi connectivity index (χ4v) is 2.37. The molecule has 102 valence electrons.